The van der Waals surface area contributed by atoms with Crippen LogP contribution in [0.15, 0.2) is 67.1 Å². The van der Waals surface area contributed by atoms with Crippen LogP contribution in [-0.4, -0.2) is 41.0 Å². The van der Waals surface area contributed by atoms with E-state index >= 15 is 0 Å². The van der Waals surface area contributed by atoms with Crippen LogP contribution in [0.4, 0.5) is 21.6 Å². The highest BCUT2D eigenvalue weighted by Gasteiger charge is 2.44. The van der Waals surface area contributed by atoms with Gasteiger partial charge in [-0.2, -0.15) is 5.26 Å². The van der Waals surface area contributed by atoms with Crippen LogP contribution in [0, 0.1) is 22.6 Å². The molecule has 1 saturated carbocycles. The quantitative estimate of drug-likeness (QED) is 0.254. The summed E-state index contributed by atoms with van der Waals surface area (Å²) in [6, 6.07) is 18.3. The topological polar surface area (TPSA) is 117 Å². The molecule has 1 unspecified atom stereocenters. The lowest BCUT2D eigenvalue weighted by molar-refractivity contribution is 0.270. The van der Waals surface area contributed by atoms with Crippen LogP contribution < -0.4 is 21.1 Å². The van der Waals surface area contributed by atoms with Gasteiger partial charge in [0.2, 0.25) is 0 Å². The fourth-order valence-electron chi connectivity index (χ4n) is 6.74. The predicted octanol–water partition coefficient (Wildman–Crippen LogP) is 6.09. The number of ether oxygens (including phenoxy) is 1. The number of benzene rings is 3. The van der Waals surface area contributed by atoms with Crippen LogP contribution in [0.5, 0.6) is 11.5 Å². The van der Waals surface area contributed by atoms with Gasteiger partial charge in [0.15, 0.2) is 11.6 Å². The van der Waals surface area contributed by atoms with Crippen molar-refractivity contribution in [2.24, 2.45) is 5.41 Å². The number of rotatable bonds is 7. The Kier molecular flexibility index (Phi) is 6.86. The third-order valence-corrected chi connectivity index (χ3v) is 9.12. The molecular weight excluding hydrogens is 541 g/mol. The van der Waals surface area contributed by atoms with Gasteiger partial charge in [0.05, 0.1) is 29.2 Å². The third kappa shape index (κ3) is 5.46. The largest absolute Gasteiger partial charge is 0.451 e. The maximum absolute atomic E-state index is 14.6. The molecule has 218 valence electrons. The zero-order valence-electron chi connectivity index (χ0n) is 24.0. The van der Waals surface area contributed by atoms with Gasteiger partial charge in [0, 0.05) is 37.2 Å². The predicted molar refractivity (Wildman–Crippen MR) is 165 cm³/mol. The van der Waals surface area contributed by atoms with Crippen molar-refractivity contribution < 1.29 is 9.13 Å². The normalized spacial score (nSPS) is 20.0. The number of anilines is 3. The molecule has 7 rings (SSSR count). The first-order chi connectivity index (χ1) is 20.9. The molecule has 4 aromatic rings. The molecule has 43 heavy (non-hydrogen) atoms. The molecule has 2 saturated heterocycles. The highest BCUT2D eigenvalue weighted by atomic mass is 19.1. The third-order valence-electron chi connectivity index (χ3n) is 9.12. The summed E-state index contributed by atoms with van der Waals surface area (Å²) in [5.41, 5.74) is 17.8. The smallest absolute Gasteiger partial charge is 0.188 e. The summed E-state index contributed by atoms with van der Waals surface area (Å²) in [6.07, 6.45) is 7.54. The Balaban J connectivity index is 1.12. The zero-order valence-corrected chi connectivity index (χ0v) is 24.0. The minimum Gasteiger partial charge on any atom is -0.451 e. The lowest BCUT2D eigenvalue weighted by Gasteiger charge is -2.26. The molecule has 3 aromatic carbocycles. The maximum atomic E-state index is 14.6. The summed E-state index contributed by atoms with van der Waals surface area (Å²) >= 11 is 0. The first kappa shape index (κ1) is 27.2. The van der Waals surface area contributed by atoms with Gasteiger partial charge in [0.1, 0.15) is 17.9 Å². The average Bonchev–Trinajstić information content (AvgIpc) is 3.68. The molecular formula is C34H34FN7O. The Morgan fingerprint density at radius 2 is 1.81 bits per heavy atom. The van der Waals surface area contributed by atoms with Gasteiger partial charge in [-0.1, -0.05) is 12.1 Å². The minimum atomic E-state index is -0.341. The second kappa shape index (κ2) is 10.9. The van der Waals surface area contributed by atoms with E-state index in [9.17, 15) is 9.65 Å². The highest BCUT2D eigenvalue weighted by molar-refractivity contribution is 5.76. The molecule has 2 aliphatic heterocycles. The number of aromatic nitrogens is 2. The maximum Gasteiger partial charge on any atom is 0.188 e. The number of nitrogen functional groups attached to an aromatic ring is 2. The number of hydrogen-bond acceptors (Lipinski definition) is 8. The molecule has 0 bridgehead atoms. The van der Waals surface area contributed by atoms with E-state index in [-0.39, 0.29) is 11.2 Å². The molecule has 1 aromatic heterocycles. The van der Waals surface area contributed by atoms with Gasteiger partial charge in [-0.3, -0.25) is 4.90 Å². The van der Waals surface area contributed by atoms with Gasteiger partial charge in [-0.05, 0) is 97.3 Å². The molecule has 9 heteroatoms. The first-order valence-electron chi connectivity index (χ1n) is 14.8. The van der Waals surface area contributed by atoms with E-state index in [0.29, 0.717) is 39.9 Å². The molecule has 8 nitrogen and oxygen atoms in total. The van der Waals surface area contributed by atoms with Crippen LogP contribution in [-0.2, 0) is 6.54 Å². The van der Waals surface area contributed by atoms with E-state index in [1.807, 2.05) is 24.3 Å². The fraction of sp³-hybridized carbons (Fsp3) is 0.324. The Morgan fingerprint density at radius 3 is 2.63 bits per heavy atom. The summed E-state index contributed by atoms with van der Waals surface area (Å²) < 4.78 is 21.1. The number of halogens is 1. The fourth-order valence-corrected chi connectivity index (χ4v) is 6.74. The summed E-state index contributed by atoms with van der Waals surface area (Å²) in [6.45, 7) is 4.61. The van der Waals surface area contributed by atoms with E-state index in [2.05, 4.69) is 31.9 Å². The van der Waals surface area contributed by atoms with Crippen molar-refractivity contribution in [3.05, 3.63) is 89.6 Å². The van der Waals surface area contributed by atoms with Crippen molar-refractivity contribution in [3.63, 3.8) is 0 Å². The van der Waals surface area contributed by atoms with Gasteiger partial charge in [-0.25, -0.2) is 14.4 Å². The molecule has 3 heterocycles. The van der Waals surface area contributed by atoms with E-state index in [1.165, 1.54) is 17.7 Å². The van der Waals surface area contributed by atoms with E-state index in [0.717, 1.165) is 75.4 Å². The summed E-state index contributed by atoms with van der Waals surface area (Å²) in [7, 11) is 0. The van der Waals surface area contributed by atoms with E-state index in [4.69, 9.17) is 16.2 Å². The number of nitrogens with two attached hydrogens (primary N) is 2. The SMILES string of the molecule is N#Cc1ccc(-c2cc(F)ccc2Oc2cncnc2N2CCC3(CCN(Cc4ccc(N)c(N)c4)C3)C2)c(C2CC2)c1. The number of nitriles is 1. The Bertz CT molecular complexity index is 1730. The Hall–Kier alpha value is -4.68. The summed E-state index contributed by atoms with van der Waals surface area (Å²) in [5, 5.41) is 9.47. The molecule has 4 N–H and O–H groups in total. The molecule has 0 amide bonds. The summed E-state index contributed by atoms with van der Waals surface area (Å²) in [5.74, 6) is 1.86. The number of nitrogens with zero attached hydrogens (tertiary/aromatic N) is 5. The molecule has 1 atom stereocenters. The van der Waals surface area contributed by atoms with Crippen molar-refractivity contribution >= 4 is 17.2 Å². The van der Waals surface area contributed by atoms with E-state index < -0.39 is 0 Å². The second-order valence-electron chi connectivity index (χ2n) is 12.2. The van der Waals surface area contributed by atoms with Gasteiger partial charge in [-0.15, -0.1) is 0 Å². The van der Waals surface area contributed by atoms with Crippen molar-refractivity contribution in [1.82, 2.24) is 14.9 Å². The minimum absolute atomic E-state index is 0.171. The first-order valence-corrected chi connectivity index (χ1v) is 14.8. The Morgan fingerprint density at radius 1 is 0.953 bits per heavy atom. The van der Waals surface area contributed by atoms with Crippen LogP contribution >= 0.6 is 0 Å². The average molecular weight is 576 g/mol. The van der Waals surface area contributed by atoms with Crippen molar-refractivity contribution in [3.8, 4) is 28.7 Å². The van der Waals surface area contributed by atoms with E-state index in [1.54, 1.807) is 24.7 Å². The second-order valence-corrected chi connectivity index (χ2v) is 12.2. The van der Waals surface area contributed by atoms with Crippen molar-refractivity contribution in [2.75, 3.05) is 42.5 Å². The Labute approximate surface area is 250 Å². The van der Waals surface area contributed by atoms with Crippen LogP contribution in [0.3, 0.4) is 0 Å². The van der Waals surface area contributed by atoms with Gasteiger partial charge in [0.25, 0.3) is 0 Å². The lowest BCUT2D eigenvalue weighted by Crippen LogP contribution is -2.31. The molecule has 3 aliphatic rings. The molecule has 1 aliphatic carbocycles. The summed E-state index contributed by atoms with van der Waals surface area (Å²) in [4.78, 5) is 13.7. The lowest BCUT2D eigenvalue weighted by atomic mass is 9.86. The van der Waals surface area contributed by atoms with Crippen molar-refractivity contribution in [2.45, 2.75) is 38.1 Å². The van der Waals surface area contributed by atoms with Gasteiger partial charge < -0.3 is 21.1 Å². The number of likely N-dealkylation sites (tertiary alicyclic amines) is 1. The molecule has 1 spiro atoms. The van der Waals surface area contributed by atoms with Gasteiger partial charge >= 0.3 is 0 Å². The molecule has 0 radical (unpaired) electrons. The molecule has 3 fully saturated rings. The number of hydrogen-bond donors (Lipinski definition) is 2. The standard InChI is InChI=1S/C34H34FN7O/c35-25-5-8-31(28(15-25)26-6-1-22(16-36)13-27(26)24-3-4-24)43-32-17-39-21-40-33(32)42-12-10-34(20-42)9-11-41(19-34)18-23-2-7-29(37)30(38)14-23/h1-2,5-8,13-15,17,21,24H,3-4,9-12,18-20,37-38H2. The van der Waals surface area contributed by atoms with Crippen LogP contribution in [0.1, 0.15) is 48.3 Å². The zero-order chi connectivity index (χ0) is 29.6. The highest BCUT2D eigenvalue weighted by Crippen LogP contribution is 2.48. The van der Waals surface area contributed by atoms with Crippen LogP contribution in [0.2, 0.25) is 0 Å². The van der Waals surface area contributed by atoms with Crippen molar-refractivity contribution in [1.29, 1.82) is 5.26 Å². The van der Waals surface area contributed by atoms with Crippen LogP contribution in [0.25, 0.3) is 11.1 Å². The monoisotopic (exact) mass is 575 g/mol.